The molecule has 3 N–H and O–H groups in total. The number of alkyl carbamates (subject to hydrolysis) is 1. The number of rotatable bonds is 15. The Labute approximate surface area is 283 Å². The second-order valence-electron chi connectivity index (χ2n) is 14.1. The van der Waals surface area contributed by atoms with Gasteiger partial charge in [-0.05, 0) is 117 Å². The number of amides is 1. The maximum atomic E-state index is 11.9. The van der Waals surface area contributed by atoms with Crippen LogP contribution in [0.15, 0.2) is 16.8 Å². The second-order valence-corrected chi connectivity index (χ2v) is 14.1. The number of nitrogens with zero attached hydrogens (tertiary/aromatic N) is 6. The van der Waals surface area contributed by atoms with E-state index in [1.54, 1.807) is 6.07 Å². The zero-order valence-corrected chi connectivity index (χ0v) is 30.3. The summed E-state index contributed by atoms with van der Waals surface area (Å²) in [6.45, 7) is 23.7. The largest absolute Gasteiger partial charge is 0.483 e. The number of unbranched alkanes of at least 4 members (excludes halogenated alkanes) is 1. The molecule has 1 aromatic heterocycles. The number of carboxylic acid groups (broad SMARTS) is 2. The highest BCUT2D eigenvalue weighted by molar-refractivity contribution is 5.93. The van der Waals surface area contributed by atoms with Crippen LogP contribution in [0.4, 0.5) is 16.2 Å². The van der Waals surface area contributed by atoms with Gasteiger partial charge in [-0.2, -0.15) is 0 Å². The quantitative estimate of drug-likeness (QED) is 0.0949. The fourth-order valence-electron chi connectivity index (χ4n) is 4.86. The normalized spacial score (nSPS) is 11.7. The summed E-state index contributed by atoms with van der Waals surface area (Å²) in [4.78, 5) is 46.6. The Balaban J connectivity index is 0.00000341. The highest BCUT2D eigenvalue weighted by atomic mass is 16.6. The summed E-state index contributed by atoms with van der Waals surface area (Å²) in [5.41, 5.74) is 0.823. The zero-order valence-electron chi connectivity index (χ0n) is 30.3. The Kier molecular flexibility index (Phi) is 19.3. The number of ether oxygens (including phenoxy) is 1. The van der Waals surface area contributed by atoms with Gasteiger partial charge in [-0.25, -0.2) is 9.42 Å². The van der Waals surface area contributed by atoms with E-state index in [9.17, 15) is 14.9 Å². The van der Waals surface area contributed by atoms with E-state index in [1.165, 1.54) is 6.07 Å². The number of carbonyl (C=O) groups is 3. The van der Waals surface area contributed by atoms with E-state index in [0.29, 0.717) is 12.1 Å². The number of nitro groups is 1. The van der Waals surface area contributed by atoms with Crippen molar-refractivity contribution in [1.82, 2.24) is 25.4 Å². The topological polar surface area (TPSA) is 205 Å². The van der Waals surface area contributed by atoms with Crippen molar-refractivity contribution in [2.75, 3.05) is 51.2 Å². The van der Waals surface area contributed by atoms with Crippen molar-refractivity contribution in [1.29, 1.82) is 0 Å². The molecule has 0 atom stereocenters. The molecule has 0 aliphatic rings. The van der Waals surface area contributed by atoms with Gasteiger partial charge < -0.3 is 25.2 Å². The molecule has 2 aromatic rings. The standard InChI is InChI=1S/C30H53N7O5.2CH2O2/c1-28(2,3)35(21-13-17-31-27(38)41-30(7,8)9)19-11-12-20-36(29(4,5)6)22-14-18-34(10)23-15-16-24(37(39)40)26-25(23)32-42-33-26;2*2-1-3/h15-16H,11-14,17-22H2,1-10H3,(H,31,38);2*1H,(H,2,3). The molecule has 1 heterocycles. The maximum Gasteiger partial charge on any atom is 0.407 e. The highest BCUT2D eigenvalue weighted by Gasteiger charge is 2.24. The molecule has 0 fully saturated rings. The van der Waals surface area contributed by atoms with Crippen LogP contribution in [0.1, 0.15) is 88.0 Å². The molecule has 1 amide bonds. The molecule has 0 saturated carbocycles. The predicted molar refractivity (Wildman–Crippen MR) is 184 cm³/mol. The number of nitrogens with one attached hydrogen (secondary N) is 1. The average molecular weight is 684 g/mol. The number of benzene rings is 1. The van der Waals surface area contributed by atoms with Crippen LogP contribution < -0.4 is 10.2 Å². The number of non-ortho nitro benzene ring substituents is 1. The van der Waals surface area contributed by atoms with Gasteiger partial charge in [-0.1, -0.05) is 0 Å². The third-order valence-corrected chi connectivity index (χ3v) is 7.18. The predicted octanol–water partition coefficient (Wildman–Crippen LogP) is 5.25. The average Bonchev–Trinajstić information content (AvgIpc) is 3.43. The van der Waals surface area contributed by atoms with E-state index < -0.39 is 10.5 Å². The lowest BCUT2D eigenvalue weighted by Gasteiger charge is -2.38. The lowest BCUT2D eigenvalue weighted by atomic mass is 10.0. The van der Waals surface area contributed by atoms with Crippen LogP contribution in [-0.4, -0.2) is 117 Å². The summed E-state index contributed by atoms with van der Waals surface area (Å²) in [5.74, 6) is 0. The van der Waals surface area contributed by atoms with Crippen molar-refractivity contribution in [3.05, 3.63) is 22.2 Å². The lowest BCUT2D eigenvalue weighted by Crippen LogP contribution is -2.45. The first-order chi connectivity index (χ1) is 22.2. The Bertz CT molecular complexity index is 1250. The van der Waals surface area contributed by atoms with Crippen LogP contribution in [0.5, 0.6) is 0 Å². The number of fused-ring (bicyclic) bond motifs is 1. The van der Waals surface area contributed by atoms with Gasteiger partial charge in [0.05, 0.1) is 10.6 Å². The molecule has 2 rings (SSSR count). The van der Waals surface area contributed by atoms with Crippen molar-refractivity contribution in [3.63, 3.8) is 0 Å². The van der Waals surface area contributed by atoms with Crippen molar-refractivity contribution in [2.24, 2.45) is 0 Å². The first-order valence-corrected chi connectivity index (χ1v) is 16.0. The molecule has 274 valence electrons. The van der Waals surface area contributed by atoms with Gasteiger partial charge in [0.25, 0.3) is 12.9 Å². The van der Waals surface area contributed by atoms with E-state index in [2.05, 4.69) is 71.9 Å². The van der Waals surface area contributed by atoms with Crippen molar-refractivity contribution < 1.29 is 38.9 Å². The number of carbonyl (C=O) groups excluding carboxylic acids is 1. The molecule has 16 heteroatoms. The fraction of sp³-hybridized carbons (Fsp3) is 0.719. The smallest absolute Gasteiger partial charge is 0.407 e. The summed E-state index contributed by atoms with van der Waals surface area (Å²) in [7, 11) is 1.96. The minimum atomic E-state index is -0.492. The first-order valence-electron chi connectivity index (χ1n) is 16.0. The molecule has 48 heavy (non-hydrogen) atoms. The molecule has 0 unspecified atom stereocenters. The Morgan fingerprint density at radius 3 is 1.77 bits per heavy atom. The number of hydrogen-bond acceptors (Lipinski definition) is 12. The van der Waals surface area contributed by atoms with Gasteiger partial charge >= 0.3 is 11.8 Å². The molecule has 0 radical (unpaired) electrons. The molecular formula is C32H57N7O9. The van der Waals surface area contributed by atoms with E-state index in [0.717, 1.165) is 64.1 Å². The molecule has 0 aliphatic carbocycles. The van der Waals surface area contributed by atoms with Crippen LogP contribution in [0.25, 0.3) is 11.0 Å². The van der Waals surface area contributed by atoms with Gasteiger partial charge in [0.2, 0.25) is 5.52 Å². The number of hydrogen-bond donors (Lipinski definition) is 3. The van der Waals surface area contributed by atoms with Crippen LogP contribution in [0.2, 0.25) is 0 Å². The van der Waals surface area contributed by atoms with Gasteiger partial charge in [-0.15, -0.1) is 0 Å². The SMILES string of the molecule is CN(CCCN(CCCCN(CCCNC(=O)OC(C)(C)C)C(C)(C)C)C(C)(C)C)c1ccc([N+](=O)[O-])c2nonc12.O=CO.O=CO. The van der Waals surface area contributed by atoms with Crippen LogP contribution in [-0.2, 0) is 14.3 Å². The van der Waals surface area contributed by atoms with Crippen molar-refractivity contribution >= 4 is 41.4 Å². The molecular weight excluding hydrogens is 626 g/mol. The maximum absolute atomic E-state index is 11.9. The Morgan fingerprint density at radius 1 is 0.854 bits per heavy atom. The summed E-state index contributed by atoms with van der Waals surface area (Å²) in [6.07, 6.45) is 3.60. The van der Waals surface area contributed by atoms with Crippen LogP contribution in [0, 0.1) is 10.1 Å². The lowest BCUT2D eigenvalue weighted by molar-refractivity contribution is -0.383. The monoisotopic (exact) mass is 683 g/mol. The second kappa shape index (κ2) is 21.0. The number of nitro benzene ring substituents is 1. The summed E-state index contributed by atoms with van der Waals surface area (Å²) >= 11 is 0. The Morgan fingerprint density at radius 2 is 1.31 bits per heavy atom. The zero-order chi connectivity index (χ0) is 37.1. The van der Waals surface area contributed by atoms with E-state index >= 15 is 0 Å². The van der Waals surface area contributed by atoms with E-state index in [-0.39, 0.29) is 41.3 Å². The molecule has 0 spiro atoms. The van der Waals surface area contributed by atoms with Gasteiger partial charge in [-0.3, -0.25) is 29.5 Å². The molecule has 0 aliphatic heterocycles. The highest BCUT2D eigenvalue weighted by Crippen LogP contribution is 2.30. The molecule has 16 nitrogen and oxygen atoms in total. The summed E-state index contributed by atoms with van der Waals surface area (Å²) < 4.78 is 10.1. The Hall–Kier alpha value is -4.05. The van der Waals surface area contributed by atoms with E-state index in [1.807, 2.05) is 27.8 Å². The summed E-state index contributed by atoms with van der Waals surface area (Å²) in [6, 6.07) is 3.17. The third-order valence-electron chi connectivity index (χ3n) is 7.18. The minimum Gasteiger partial charge on any atom is -0.483 e. The summed E-state index contributed by atoms with van der Waals surface area (Å²) in [5, 5.41) is 35.6. The molecule has 0 bridgehead atoms. The van der Waals surface area contributed by atoms with Gasteiger partial charge in [0.15, 0.2) is 5.52 Å². The minimum absolute atomic E-state index is 0.0340. The van der Waals surface area contributed by atoms with Crippen LogP contribution >= 0.6 is 0 Å². The van der Waals surface area contributed by atoms with Gasteiger partial charge in [0, 0.05) is 50.4 Å². The molecule has 1 aromatic carbocycles. The fourth-order valence-corrected chi connectivity index (χ4v) is 4.86. The van der Waals surface area contributed by atoms with Crippen molar-refractivity contribution in [2.45, 2.75) is 105 Å². The number of anilines is 1. The third kappa shape index (κ3) is 17.2. The first kappa shape index (κ1) is 43.9. The number of aromatic nitrogens is 2. The van der Waals surface area contributed by atoms with E-state index in [4.69, 9.17) is 29.2 Å². The van der Waals surface area contributed by atoms with Crippen LogP contribution in [0.3, 0.4) is 0 Å². The van der Waals surface area contributed by atoms with Crippen molar-refractivity contribution in [3.8, 4) is 0 Å². The van der Waals surface area contributed by atoms with Gasteiger partial charge in [0.1, 0.15) is 5.60 Å². The molecule has 0 saturated heterocycles.